The van der Waals surface area contributed by atoms with E-state index in [4.69, 9.17) is 10.8 Å². The lowest BCUT2D eigenvalue weighted by Gasteiger charge is -1.99. The number of carboxylic acid groups (broad SMARTS) is 1. The van der Waals surface area contributed by atoms with E-state index in [1.807, 2.05) is 6.92 Å². The Morgan fingerprint density at radius 2 is 2.31 bits per heavy atom. The molecule has 0 radical (unpaired) electrons. The molecule has 0 aromatic carbocycles. The maximum atomic E-state index is 10.7. The average molecular weight is 242 g/mol. The Hall–Kier alpha value is -1.50. The molecule has 6 nitrogen and oxygen atoms in total. The van der Waals surface area contributed by atoms with Crippen LogP contribution in [0.5, 0.6) is 0 Å². The molecule has 0 amide bonds. The molecule has 0 aliphatic heterocycles. The number of nitrogens with zero attached hydrogens (tertiary/aromatic N) is 3. The van der Waals surface area contributed by atoms with Crippen molar-refractivity contribution in [3.63, 3.8) is 0 Å². The first-order valence-corrected chi connectivity index (χ1v) is 5.74. The summed E-state index contributed by atoms with van der Waals surface area (Å²) in [6, 6.07) is 0. The number of nitrogens with two attached hydrogens (primary N) is 1. The molecule has 0 fully saturated rings. The van der Waals surface area contributed by atoms with Crippen LogP contribution >= 0.6 is 11.8 Å². The van der Waals surface area contributed by atoms with E-state index in [1.54, 1.807) is 17.7 Å². The summed E-state index contributed by atoms with van der Waals surface area (Å²) in [5, 5.41) is 17.0. The summed E-state index contributed by atoms with van der Waals surface area (Å²) < 4.78 is 1.66. The molecule has 88 valence electrons. The number of aliphatic carboxylic acids is 1. The normalized spacial score (nSPS) is 11.8. The minimum Gasteiger partial charge on any atom is -0.478 e. The van der Waals surface area contributed by atoms with E-state index in [1.165, 1.54) is 11.8 Å². The maximum absolute atomic E-state index is 10.7. The Bertz CT molecular complexity index is 414. The minimum absolute atomic E-state index is 0.348. The number of hydrogen-bond acceptors (Lipinski definition) is 5. The van der Waals surface area contributed by atoms with Crippen molar-refractivity contribution in [2.75, 3.05) is 11.5 Å². The molecule has 1 aromatic heterocycles. The molecule has 0 bridgehead atoms. The molecule has 3 N–H and O–H groups in total. The first-order valence-electron chi connectivity index (χ1n) is 4.76. The van der Waals surface area contributed by atoms with Gasteiger partial charge in [0.05, 0.1) is 0 Å². The van der Waals surface area contributed by atoms with Crippen LogP contribution in [0.2, 0.25) is 0 Å². The third kappa shape index (κ3) is 2.99. The van der Waals surface area contributed by atoms with E-state index >= 15 is 0 Å². The van der Waals surface area contributed by atoms with Crippen molar-refractivity contribution in [3.8, 4) is 0 Å². The third-order valence-electron chi connectivity index (χ3n) is 2.07. The van der Waals surface area contributed by atoms with Gasteiger partial charge in [0.15, 0.2) is 5.16 Å². The molecule has 1 rings (SSSR count). The van der Waals surface area contributed by atoms with Gasteiger partial charge in [-0.25, -0.2) is 4.79 Å². The lowest BCUT2D eigenvalue weighted by molar-refractivity contribution is -0.132. The van der Waals surface area contributed by atoms with Crippen molar-refractivity contribution < 1.29 is 9.90 Å². The summed E-state index contributed by atoms with van der Waals surface area (Å²) in [5.41, 5.74) is 5.92. The molecule has 0 spiro atoms. The van der Waals surface area contributed by atoms with Crippen LogP contribution < -0.4 is 5.73 Å². The number of hydrogen-bond donors (Lipinski definition) is 2. The highest BCUT2D eigenvalue weighted by Crippen LogP contribution is 2.17. The van der Waals surface area contributed by atoms with Crippen molar-refractivity contribution in [2.24, 2.45) is 7.05 Å². The Balaban J connectivity index is 2.58. The van der Waals surface area contributed by atoms with Gasteiger partial charge in [-0.3, -0.25) is 4.57 Å². The van der Waals surface area contributed by atoms with Gasteiger partial charge in [-0.05, 0) is 6.42 Å². The Labute approximate surface area is 97.5 Å². The van der Waals surface area contributed by atoms with Crippen molar-refractivity contribution in [1.29, 1.82) is 0 Å². The number of thioether (sulfide) groups is 1. The molecule has 0 saturated heterocycles. The molecule has 1 heterocycles. The number of anilines is 1. The topological polar surface area (TPSA) is 94.0 Å². The largest absolute Gasteiger partial charge is 0.478 e. The Kier molecular flexibility index (Phi) is 4.36. The minimum atomic E-state index is -0.874. The monoisotopic (exact) mass is 242 g/mol. The van der Waals surface area contributed by atoms with Crippen LogP contribution in [-0.2, 0) is 11.8 Å². The Morgan fingerprint density at radius 1 is 1.62 bits per heavy atom. The third-order valence-corrected chi connectivity index (χ3v) is 3.01. The van der Waals surface area contributed by atoms with Crippen LogP contribution in [0.25, 0.3) is 0 Å². The molecule has 7 heteroatoms. The van der Waals surface area contributed by atoms with Gasteiger partial charge in [-0.15, -0.1) is 10.2 Å². The number of carboxylic acids is 1. The van der Waals surface area contributed by atoms with Crippen LogP contribution in [-0.4, -0.2) is 31.6 Å². The summed E-state index contributed by atoms with van der Waals surface area (Å²) in [4.78, 5) is 10.7. The van der Waals surface area contributed by atoms with Crippen LogP contribution in [0.15, 0.2) is 16.8 Å². The second-order valence-electron chi connectivity index (χ2n) is 3.10. The van der Waals surface area contributed by atoms with Crippen molar-refractivity contribution >= 4 is 23.7 Å². The molecular formula is C9H14N4O2S. The summed E-state index contributed by atoms with van der Waals surface area (Å²) in [6.07, 6.45) is 2.19. The number of nitrogen functional groups attached to an aromatic ring is 1. The molecule has 0 aliphatic carbocycles. The zero-order chi connectivity index (χ0) is 12.1. The molecular weight excluding hydrogens is 228 g/mol. The SMILES string of the molecule is CCC(=CCSc1nnc(N)n1C)C(=O)O. The van der Waals surface area contributed by atoms with Gasteiger partial charge in [0.2, 0.25) is 5.95 Å². The van der Waals surface area contributed by atoms with E-state index in [0.717, 1.165) is 0 Å². The molecule has 0 atom stereocenters. The van der Waals surface area contributed by atoms with E-state index in [2.05, 4.69) is 10.2 Å². The van der Waals surface area contributed by atoms with Crippen molar-refractivity contribution in [1.82, 2.24) is 14.8 Å². The Morgan fingerprint density at radius 3 is 2.75 bits per heavy atom. The highest BCUT2D eigenvalue weighted by Gasteiger charge is 2.06. The van der Waals surface area contributed by atoms with Crippen molar-refractivity contribution in [3.05, 3.63) is 11.6 Å². The predicted octanol–water partition coefficient (Wildman–Crippen LogP) is 0.910. The van der Waals surface area contributed by atoms with Crippen LogP contribution in [0, 0.1) is 0 Å². The highest BCUT2D eigenvalue weighted by atomic mass is 32.2. The van der Waals surface area contributed by atoms with Crippen LogP contribution in [0.4, 0.5) is 5.95 Å². The lowest BCUT2D eigenvalue weighted by Crippen LogP contribution is -2.00. The number of aromatic nitrogens is 3. The quantitative estimate of drug-likeness (QED) is 0.588. The van der Waals surface area contributed by atoms with Gasteiger partial charge in [-0.2, -0.15) is 0 Å². The second-order valence-corrected chi connectivity index (χ2v) is 4.09. The fourth-order valence-corrected chi connectivity index (χ4v) is 1.87. The summed E-state index contributed by atoms with van der Waals surface area (Å²) in [7, 11) is 1.76. The van der Waals surface area contributed by atoms with Gasteiger partial charge in [0.1, 0.15) is 0 Å². The van der Waals surface area contributed by atoms with E-state index in [0.29, 0.717) is 28.9 Å². The number of rotatable bonds is 5. The first kappa shape index (κ1) is 12.6. The van der Waals surface area contributed by atoms with Gasteiger partial charge in [-0.1, -0.05) is 24.8 Å². The van der Waals surface area contributed by atoms with E-state index < -0.39 is 5.97 Å². The van der Waals surface area contributed by atoms with Crippen LogP contribution in [0.3, 0.4) is 0 Å². The lowest BCUT2D eigenvalue weighted by atomic mass is 10.2. The van der Waals surface area contributed by atoms with Gasteiger partial charge >= 0.3 is 5.97 Å². The zero-order valence-corrected chi connectivity index (χ0v) is 9.99. The molecule has 16 heavy (non-hydrogen) atoms. The van der Waals surface area contributed by atoms with E-state index in [9.17, 15) is 4.79 Å². The van der Waals surface area contributed by atoms with Gasteiger partial charge in [0.25, 0.3) is 0 Å². The standard InChI is InChI=1S/C9H14N4O2S/c1-3-6(7(14)15)4-5-16-9-12-11-8(10)13(9)2/h4H,3,5H2,1-2H3,(H2,10,11)(H,14,15). The maximum Gasteiger partial charge on any atom is 0.331 e. The molecule has 0 saturated carbocycles. The number of carbonyl (C=O) groups is 1. The smallest absolute Gasteiger partial charge is 0.331 e. The average Bonchev–Trinajstić information content (AvgIpc) is 2.55. The molecule has 0 aliphatic rings. The summed E-state index contributed by atoms with van der Waals surface area (Å²) >= 11 is 1.40. The van der Waals surface area contributed by atoms with E-state index in [-0.39, 0.29) is 0 Å². The molecule has 0 unspecified atom stereocenters. The van der Waals surface area contributed by atoms with Crippen molar-refractivity contribution in [2.45, 2.75) is 18.5 Å². The highest BCUT2D eigenvalue weighted by molar-refractivity contribution is 7.99. The fourth-order valence-electron chi connectivity index (χ4n) is 1.05. The molecule has 1 aromatic rings. The zero-order valence-electron chi connectivity index (χ0n) is 9.17. The second kappa shape index (κ2) is 5.55. The first-order chi connectivity index (χ1) is 7.56. The summed E-state index contributed by atoms with van der Waals surface area (Å²) in [6.45, 7) is 1.81. The van der Waals surface area contributed by atoms with Crippen LogP contribution in [0.1, 0.15) is 13.3 Å². The van der Waals surface area contributed by atoms with Gasteiger partial charge < -0.3 is 10.8 Å². The fraction of sp³-hybridized carbons (Fsp3) is 0.444. The summed E-state index contributed by atoms with van der Waals surface area (Å²) in [5.74, 6) is 0.0163. The predicted molar refractivity (Wildman–Crippen MR) is 62.1 cm³/mol. The van der Waals surface area contributed by atoms with Gasteiger partial charge in [0, 0.05) is 18.4 Å².